The number of hydrogen-bond donors (Lipinski definition) is 1. The van der Waals surface area contributed by atoms with E-state index < -0.39 is 0 Å². The summed E-state index contributed by atoms with van der Waals surface area (Å²) in [6.07, 6.45) is 5.52. The molecule has 0 aliphatic carbocycles. The molecule has 0 saturated carbocycles. The normalized spacial score (nSPS) is 29.5. The zero-order valence-electron chi connectivity index (χ0n) is 12.3. The van der Waals surface area contributed by atoms with Crippen molar-refractivity contribution < 1.29 is 0 Å². The zero-order chi connectivity index (χ0) is 13.9. The summed E-state index contributed by atoms with van der Waals surface area (Å²) in [6.45, 7) is 6.13. The van der Waals surface area contributed by atoms with Gasteiger partial charge in [-0.05, 0) is 91.9 Å². The summed E-state index contributed by atoms with van der Waals surface area (Å²) in [5, 5.41) is 3.71. The second-order valence-electron chi connectivity index (χ2n) is 6.33. The van der Waals surface area contributed by atoms with Crippen molar-refractivity contribution in [1.82, 2.24) is 10.2 Å². The molecule has 0 amide bonds. The molecule has 3 unspecified atom stereocenters. The number of halogens is 1. The summed E-state index contributed by atoms with van der Waals surface area (Å²) >= 11 is 2.38. The molecule has 2 aliphatic heterocycles. The van der Waals surface area contributed by atoms with E-state index in [-0.39, 0.29) is 0 Å². The van der Waals surface area contributed by atoms with Crippen LogP contribution in [0.4, 0.5) is 0 Å². The second-order valence-corrected chi connectivity index (χ2v) is 7.57. The molecule has 0 radical (unpaired) electrons. The number of rotatable bonds is 3. The highest BCUT2D eigenvalue weighted by Crippen LogP contribution is 2.30. The Morgan fingerprint density at radius 3 is 2.70 bits per heavy atom. The van der Waals surface area contributed by atoms with Gasteiger partial charge >= 0.3 is 0 Å². The van der Waals surface area contributed by atoms with Crippen LogP contribution in [0.3, 0.4) is 0 Å². The van der Waals surface area contributed by atoms with Gasteiger partial charge in [0.2, 0.25) is 0 Å². The summed E-state index contributed by atoms with van der Waals surface area (Å²) in [5.41, 5.74) is 1.46. The highest BCUT2D eigenvalue weighted by atomic mass is 127. The van der Waals surface area contributed by atoms with E-state index in [9.17, 15) is 0 Å². The third-order valence-corrected chi connectivity index (χ3v) is 5.78. The SMILES string of the molecule is CC(c1ccc(I)cc1)N1CCCC(C2CCCN2)C1. The Morgan fingerprint density at radius 1 is 1.20 bits per heavy atom. The zero-order valence-corrected chi connectivity index (χ0v) is 14.5. The van der Waals surface area contributed by atoms with E-state index in [2.05, 4.69) is 64.0 Å². The third kappa shape index (κ3) is 3.37. The number of piperidine rings is 1. The van der Waals surface area contributed by atoms with Crippen molar-refractivity contribution in [3.63, 3.8) is 0 Å². The Bertz CT molecular complexity index is 425. The van der Waals surface area contributed by atoms with Crippen LogP contribution in [0.25, 0.3) is 0 Å². The minimum Gasteiger partial charge on any atom is -0.314 e. The fraction of sp³-hybridized carbons (Fsp3) is 0.647. The molecule has 1 aromatic rings. The highest BCUT2D eigenvalue weighted by molar-refractivity contribution is 14.1. The highest BCUT2D eigenvalue weighted by Gasteiger charge is 2.30. The number of likely N-dealkylation sites (tertiary alicyclic amines) is 1. The molecule has 1 aromatic carbocycles. The number of nitrogens with zero attached hydrogens (tertiary/aromatic N) is 1. The lowest BCUT2D eigenvalue weighted by Crippen LogP contribution is -2.44. The van der Waals surface area contributed by atoms with Crippen LogP contribution in [0.1, 0.15) is 44.2 Å². The summed E-state index contributed by atoms with van der Waals surface area (Å²) in [7, 11) is 0. The van der Waals surface area contributed by atoms with E-state index in [0.717, 1.165) is 12.0 Å². The Morgan fingerprint density at radius 2 is 2.00 bits per heavy atom. The van der Waals surface area contributed by atoms with Gasteiger partial charge in [-0.25, -0.2) is 0 Å². The van der Waals surface area contributed by atoms with Crippen LogP contribution >= 0.6 is 22.6 Å². The van der Waals surface area contributed by atoms with Gasteiger partial charge in [0.05, 0.1) is 0 Å². The van der Waals surface area contributed by atoms with Gasteiger partial charge < -0.3 is 5.32 Å². The van der Waals surface area contributed by atoms with Crippen LogP contribution in [-0.4, -0.2) is 30.6 Å². The van der Waals surface area contributed by atoms with Crippen molar-refractivity contribution in [3.8, 4) is 0 Å². The molecule has 3 rings (SSSR count). The molecule has 2 aliphatic rings. The van der Waals surface area contributed by atoms with Gasteiger partial charge in [-0.3, -0.25) is 4.90 Å². The number of hydrogen-bond acceptors (Lipinski definition) is 2. The van der Waals surface area contributed by atoms with Crippen LogP contribution in [-0.2, 0) is 0 Å². The lowest BCUT2D eigenvalue weighted by Gasteiger charge is -2.39. The van der Waals surface area contributed by atoms with Gasteiger partial charge in [0.25, 0.3) is 0 Å². The van der Waals surface area contributed by atoms with Crippen LogP contribution < -0.4 is 5.32 Å². The summed E-state index contributed by atoms with van der Waals surface area (Å²) in [6, 6.07) is 10.4. The maximum atomic E-state index is 3.71. The Hall–Kier alpha value is -0.130. The predicted octanol–water partition coefficient (Wildman–Crippen LogP) is 3.82. The monoisotopic (exact) mass is 384 g/mol. The van der Waals surface area contributed by atoms with Crippen LogP contribution in [0.15, 0.2) is 24.3 Å². The second kappa shape index (κ2) is 6.75. The first kappa shape index (κ1) is 14.8. The molecule has 0 spiro atoms. The molecular formula is C17H25IN2. The molecular weight excluding hydrogens is 359 g/mol. The van der Waals surface area contributed by atoms with Crippen LogP contribution in [0.2, 0.25) is 0 Å². The number of benzene rings is 1. The topological polar surface area (TPSA) is 15.3 Å². The van der Waals surface area contributed by atoms with Gasteiger partial charge in [0, 0.05) is 22.2 Å². The molecule has 2 saturated heterocycles. The van der Waals surface area contributed by atoms with Gasteiger partial charge in [-0.15, -0.1) is 0 Å². The predicted molar refractivity (Wildman–Crippen MR) is 92.9 cm³/mol. The molecule has 1 N–H and O–H groups in total. The maximum absolute atomic E-state index is 3.71. The van der Waals surface area contributed by atoms with E-state index >= 15 is 0 Å². The van der Waals surface area contributed by atoms with Crippen molar-refractivity contribution in [2.75, 3.05) is 19.6 Å². The van der Waals surface area contributed by atoms with Gasteiger partial charge in [-0.2, -0.15) is 0 Å². The summed E-state index contributed by atoms with van der Waals surface area (Å²) in [5.74, 6) is 0.859. The summed E-state index contributed by atoms with van der Waals surface area (Å²) < 4.78 is 1.32. The van der Waals surface area contributed by atoms with E-state index in [1.54, 1.807) is 0 Å². The molecule has 2 nitrogen and oxygen atoms in total. The standard InChI is InChI=1S/C17H25IN2/c1-13(14-6-8-16(18)9-7-14)20-11-3-4-15(12-20)17-5-2-10-19-17/h6-9,13,15,17,19H,2-5,10-12H2,1H3. The Labute approximate surface area is 136 Å². The molecule has 3 atom stereocenters. The van der Waals surface area contributed by atoms with Crippen molar-refractivity contribution in [1.29, 1.82) is 0 Å². The van der Waals surface area contributed by atoms with E-state index in [1.807, 2.05) is 0 Å². The molecule has 110 valence electrons. The summed E-state index contributed by atoms with van der Waals surface area (Å²) in [4.78, 5) is 2.69. The lowest BCUT2D eigenvalue weighted by atomic mass is 9.88. The first-order chi connectivity index (χ1) is 9.74. The van der Waals surface area contributed by atoms with E-state index in [4.69, 9.17) is 0 Å². The molecule has 2 fully saturated rings. The smallest absolute Gasteiger partial charge is 0.0320 e. The van der Waals surface area contributed by atoms with E-state index in [1.165, 1.54) is 54.5 Å². The van der Waals surface area contributed by atoms with Gasteiger partial charge in [0.1, 0.15) is 0 Å². The minimum absolute atomic E-state index is 0.552. The van der Waals surface area contributed by atoms with E-state index in [0.29, 0.717) is 6.04 Å². The molecule has 2 heterocycles. The Kier molecular flexibility index (Phi) is 5.00. The lowest BCUT2D eigenvalue weighted by molar-refractivity contribution is 0.115. The molecule has 0 aromatic heterocycles. The van der Waals surface area contributed by atoms with Crippen molar-refractivity contribution in [2.24, 2.45) is 5.92 Å². The fourth-order valence-electron chi connectivity index (χ4n) is 3.79. The van der Waals surface area contributed by atoms with Gasteiger partial charge in [-0.1, -0.05) is 12.1 Å². The Balaban J connectivity index is 1.65. The van der Waals surface area contributed by atoms with Crippen LogP contribution in [0, 0.1) is 9.49 Å². The first-order valence-electron chi connectivity index (χ1n) is 7.97. The van der Waals surface area contributed by atoms with Crippen LogP contribution in [0.5, 0.6) is 0 Å². The molecule has 20 heavy (non-hydrogen) atoms. The van der Waals surface area contributed by atoms with Crippen molar-refractivity contribution in [2.45, 2.75) is 44.7 Å². The van der Waals surface area contributed by atoms with Crippen molar-refractivity contribution in [3.05, 3.63) is 33.4 Å². The average Bonchev–Trinajstić information content (AvgIpc) is 3.02. The largest absolute Gasteiger partial charge is 0.314 e. The molecule has 0 bridgehead atoms. The maximum Gasteiger partial charge on any atom is 0.0320 e. The third-order valence-electron chi connectivity index (χ3n) is 5.06. The van der Waals surface area contributed by atoms with Gasteiger partial charge in [0.15, 0.2) is 0 Å². The fourth-order valence-corrected chi connectivity index (χ4v) is 4.15. The molecule has 3 heteroatoms. The van der Waals surface area contributed by atoms with Crippen molar-refractivity contribution >= 4 is 22.6 Å². The minimum atomic E-state index is 0.552. The first-order valence-corrected chi connectivity index (χ1v) is 9.05. The quantitative estimate of drug-likeness (QED) is 0.798. The number of nitrogens with one attached hydrogen (secondary N) is 1. The average molecular weight is 384 g/mol.